The molecule has 1 unspecified atom stereocenters. The van der Waals surface area contributed by atoms with Gasteiger partial charge >= 0.3 is 0 Å². The molecular weight excluding hydrogens is 264 g/mol. The number of hydrogen-bond donors (Lipinski definition) is 1. The topological polar surface area (TPSA) is 15.3 Å². The smallest absolute Gasteiger partial charge is 0.0360 e. The van der Waals surface area contributed by atoms with Crippen molar-refractivity contribution in [3.05, 3.63) is 22.4 Å². The summed E-state index contributed by atoms with van der Waals surface area (Å²) in [6.07, 6.45) is 6.40. The lowest BCUT2D eigenvalue weighted by Gasteiger charge is -2.47. The fourth-order valence-electron chi connectivity index (χ4n) is 3.90. The van der Waals surface area contributed by atoms with Crippen LogP contribution in [-0.4, -0.2) is 36.1 Å². The van der Waals surface area contributed by atoms with Crippen molar-refractivity contribution in [2.45, 2.75) is 64.5 Å². The van der Waals surface area contributed by atoms with Gasteiger partial charge in [-0.1, -0.05) is 26.8 Å². The predicted molar refractivity (Wildman–Crippen MR) is 89.6 cm³/mol. The third-order valence-electron chi connectivity index (χ3n) is 5.04. The molecule has 2 heterocycles. The summed E-state index contributed by atoms with van der Waals surface area (Å²) < 4.78 is 0. The molecule has 0 saturated carbocycles. The van der Waals surface area contributed by atoms with E-state index >= 15 is 0 Å². The highest BCUT2D eigenvalue weighted by atomic mass is 32.1. The first kappa shape index (κ1) is 16.0. The molecular formula is C17H30N2S. The highest BCUT2D eigenvalue weighted by Crippen LogP contribution is 2.33. The Morgan fingerprint density at radius 1 is 1.25 bits per heavy atom. The second kappa shape index (κ2) is 7.58. The van der Waals surface area contributed by atoms with E-state index in [1.54, 1.807) is 0 Å². The van der Waals surface area contributed by atoms with E-state index in [2.05, 4.69) is 48.5 Å². The van der Waals surface area contributed by atoms with Crippen LogP contribution in [-0.2, 0) is 6.42 Å². The number of nitrogens with zero attached hydrogens (tertiary/aromatic N) is 1. The van der Waals surface area contributed by atoms with E-state index < -0.39 is 0 Å². The summed E-state index contributed by atoms with van der Waals surface area (Å²) in [5.74, 6) is 0. The lowest BCUT2D eigenvalue weighted by Crippen LogP contribution is -2.60. The summed E-state index contributed by atoms with van der Waals surface area (Å²) >= 11 is 1.90. The van der Waals surface area contributed by atoms with E-state index in [0.717, 1.165) is 6.54 Å². The minimum atomic E-state index is 0.330. The normalized spacial score (nSPS) is 18.6. The van der Waals surface area contributed by atoms with Crippen LogP contribution in [0.4, 0.5) is 0 Å². The van der Waals surface area contributed by atoms with Gasteiger partial charge in [-0.25, -0.2) is 0 Å². The Hall–Kier alpha value is -0.380. The summed E-state index contributed by atoms with van der Waals surface area (Å²) in [6.45, 7) is 10.6. The molecule has 0 radical (unpaired) electrons. The van der Waals surface area contributed by atoms with Gasteiger partial charge in [0.05, 0.1) is 0 Å². The van der Waals surface area contributed by atoms with Crippen LogP contribution in [0.3, 0.4) is 0 Å². The van der Waals surface area contributed by atoms with Gasteiger partial charge in [0, 0.05) is 16.5 Å². The molecule has 1 aliphatic heterocycles. The summed E-state index contributed by atoms with van der Waals surface area (Å²) in [4.78, 5) is 4.29. The molecule has 1 fully saturated rings. The molecule has 1 aliphatic rings. The monoisotopic (exact) mass is 294 g/mol. The first-order chi connectivity index (χ1) is 9.76. The van der Waals surface area contributed by atoms with Crippen molar-refractivity contribution in [2.24, 2.45) is 0 Å². The van der Waals surface area contributed by atoms with E-state index in [0.29, 0.717) is 11.6 Å². The van der Waals surface area contributed by atoms with Gasteiger partial charge in [-0.2, -0.15) is 0 Å². The minimum Gasteiger partial charge on any atom is -0.312 e. The average molecular weight is 295 g/mol. The minimum absolute atomic E-state index is 0.330. The van der Waals surface area contributed by atoms with Crippen LogP contribution < -0.4 is 5.32 Å². The van der Waals surface area contributed by atoms with Crippen LogP contribution in [0.15, 0.2) is 17.5 Å². The fraction of sp³-hybridized carbons (Fsp3) is 0.765. The third kappa shape index (κ3) is 3.26. The summed E-state index contributed by atoms with van der Waals surface area (Å²) in [5, 5.41) is 6.01. The largest absolute Gasteiger partial charge is 0.312 e. The van der Waals surface area contributed by atoms with Crippen LogP contribution in [0.25, 0.3) is 0 Å². The lowest BCUT2D eigenvalue weighted by atomic mass is 9.80. The molecule has 0 aromatic carbocycles. The number of rotatable bonds is 8. The molecule has 1 N–H and O–H groups in total. The Morgan fingerprint density at radius 2 is 1.95 bits per heavy atom. The van der Waals surface area contributed by atoms with Crippen molar-refractivity contribution in [3.63, 3.8) is 0 Å². The predicted octanol–water partition coefficient (Wildman–Crippen LogP) is 3.92. The second-order valence-electron chi connectivity index (χ2n) is 5.90. The highest BCUT2D eigenvalue weighted by molar-refractivity contribution is 7.09. The maximum Gasteiger partial charge on any atom is 0.0360 e. The molecule has 1 atom stereocenters. The van der Waals surface area contributed by atoms with Crippen LogP contribution in [0.2, 0.25) is 0 Å². The molecule has 3 heteroatoms. The zero-order chi connectivity index (χ0) is 14.4. The van der Waals surface area contributed by atoms with Crippen molar-refractivity contribution in [3.8, 4) is 0 Å². The zero-order valence-corrected chi connectivity index (χ0v) is 14.1. The molecule has 0 spiro atoms. The van der Waals surface area contributed by atoms with E-state index in [9.17, 15) is 0 Å². The average Bonchev–Trinajstić information content (AvgIpc) is 3.14. The second-order valence-corrected chi connectivity index (χ2v) is 6.93. The van der Waals surface area contributed by atoms with Gasteiger partial charge < -0.3 is 5.32 Å². The van der Waals surface area contributed by atoms with Gasteiger partial charge in [0.1, 0.15) is 0 Å². The molecule has 2 rings (SSSR count). The molecule has 0 bridgehead atoms. The molecule has 0 aliphatic carbocycles. The molecule has 0 amide bonds. The van der Waals surface area contributed by atoms with Crippen molar-refractivity contribution >= 4 is 11.3 Å². The van der Waals surface area contributed by atoms with E-state index in [1.165, 1.54) is 50.1 Å². The van der Waals surface area contributed by atoms with Crippen LogP contribution in [0.5, 0.6) is 0 Å². The van der Waals surface area contributed by atoms with Gasteiger partial charge in [-0.05, 0) is 63.2 Å². The van der Waals surface area contributed by atoms with Gasteiger partial charge in [0.2, 0.25) is 0 Å². The Morgan fingerprint density at radius 3 is 2.45 bits per heavy atom. The maximum atomic E-state index is 3.81. The molecule has 1 saturated heterocycles. The van der Waals surface area contributed by atoms with Crippen molar-refractivity contribution in [2.75, 3.05) is 19.6 Å². The number of likely N-dealkylation sites (N-methyl/N-ethyl adjacent to an activating group) is 1. The highest BCUT2D eigenvalue weighted by Gasteiger charge is 2.41. The number of thiophene rings is 1. The number of nitrogens with one attached hydrogen (secondary N) is 1. The first-order valence-corrected chi connectivity index (χ1v) is 9.15. The van der Waals surface area contributed by atoms with E-state index in [-0.39, 0.29) is 0 Å². The Balaban J connectivity index is 2.21. The van der Waals surface area contributed by atoms with Gasteiger partial charge in [-0.15, -0.1) is 11.3 Å². The summed E-state index contributed by atoms with van der Waals surface area (Å²) in [5.41, 5.74) is 0.330. The number of likely N-dealkylation sites (tertiary alicyclic amines) is 1. The molecule has 114 valence electrons. The molecule has 1 aromatic rings. The van der Waals surface area contributed by atoms with E-state index in [1.807, 2.05) is 11.3 Å². The van der Waals surface area contributed by atoms with Gasteiger partial charge in [-0.3, -0.25) is 4.90 Å². The summed E-state index contributed by atoms with van der Waals surface area (Å²) in [6, 6.07) is 5.03. The van der Waals surface area contributed by atoms with Crippen molar-refractivity contribution < 1.29 is 0 Å². The Labute approximate surface area is 128 Å². The third-order valence-corrected chi connectivity index (χ3v) is 5.94. The Bertz CT molecular complexity index is 364. The maximum absolute atomic E-state index is 3.81. The first-order valence-electron chi connectivity index (χ1n) is 8.27. The zero-order valence-electron chi connectivity index (χ0n) is 13.3. The molecule has 1 aromatic heterocycles. The van der Waals surface area contributed by atoms with Crippen molar-refractivity contribution in [1.82, 2.24) is 10.2 Å². The van der Waals surface area contributed by atoms with Gasteiger partial charge in [0.25, 0.3) is 0 Å². The number of hydrogen-bond acceptors (Lipinski definition) is 3. The quantitative estimate of drug-likeness (QED) is 0.781. The molecule has 2 nitrogen and oxygen atoms in total. The Kier molecular flexibility index (Phi) is 6.06. The van der Waals surface area contributed by atoms with Crippen LogP contribution in [0.1, 0.15) is 51.3 Å². The SMILES string of the molecule is CCNC(Cc1cccs1)C(CC)(CC)N1CCCC1. The van der Waals surface area contributed by atoms with E-state index in [4.69, 9.17) is 0 Å². The lowest BCUT2D eigenvalue weighted by molar-refractivity contribution is 0.0629. The van der Waals surface area contributed by atoms with Crippen molar-refractivity contribution in [1.29, 1.82) is 0 Å². The van der Waals surface area contributed by atoms with Gasteiger partial charge in [0.15, 0.2) is 0 Å². The van der Waals surface area contributed by atoms with Crippen LogP contribution in [0, 0.1) is 0 Å². The summed E-state index contributed by atoms with van der Waals surface area (Å²) in [7, 11) is 0. The molecule has 20 heavy (non-hydrogen) atoms. The standard InChI is InChI=1S/C17H30N2S/c1-4-17(5-2,19-11-7-8-12-19)16(18-6-3)14-15-10-9-13-20-15/h9-10,13,16,18H,4-8,11-12,14H2,1-3H3. The van der Waals surface area contributed by atoms with Crippen LogP contribution >= 0.6 is 11.3 Å². The fourth-order valence-corrected chi connectivity index (χ4v) is 4.65.